The van der Waals surface area contributed by atoms with Gasteiger partial charge in [0.05, 0.1) is 17.8 Å². The van der Waals surface area contributed by atoms with E-state index in [0.29, 0.717) is 16.5 Å². The van der Waals surface area contributed by atoms with Gasteiger partial charge in [-0.1, -0.05) is 11.6 Å². The summed E-state index contributed by atoms with van der Waals surface area (Å²) in [5, 5.41) is 4.20. The zero-order chi connectivity index (χ0) is 20.5. The van der Waals surface area contributed by atoms with E-state index in [9.17, 15) is 13.2 Å². The third-order valence-corrected chi connectivity index (χ3v) is 6.67. The van der Waals surface area contributed by atoms with Crippen molar-refractivity contribution in [3.63, 3.8) is 0 Å². The Hall–Kier alpha value is -2.51. The first-order valence-corrected chi connectivity index (χ1v) is 10.7. The molecule has 3 rings (SSSR count). The van der Waals surface area contributed by atoms with Crippen molar-refractivity contribution in [3.05, 3.63) is 58.7 Å². The molecule has 0 spiro atoms. The Kier molecular flexibility index (Phi) is 5.67. The van der Waals surface area contributed by atoms with E-state index in [2.05, 4.69) is 5.32 Å². The minimum absolute atomic E-state index is 0.00885. The average Bonchev–Trinajstić information content (AvgIpc) is 2.91. The number of nitrogens with one attached hydrogen (secondary N) is 1. The number of carbonyl (C=O) groups is 1. The molecule has 0 fully saturated rings. The Morgan fingerprint density at radius 2 is 1.86 bits per heavy atom. The third-order valence-electron chi connectivity index (χ3n) is 4.70. The molecule has 0 atom stereocenters. The van der Waals surface area contributed by atoms with Gasteiger partial charge < -0.3 is 14.6 Å². The van der Waals surface area contributed by atoms with Gasteiger partial charge in [-0.2, -0.15) is 0 Å². The topological polar surface area (TPSA) is 77.4 Å². The van der Waals surface area contributed by atoms with Crippen LogP contribution in [0.25, 0.3) is 10.9 Å². The zero-order valence-electron chi connectivity index (χ0n) is 15.8. The fraction of sp³-hybridized carbons (Fsp3) is 0.250. The number of fused-ring (bicyclic) bond motifs is 1. The second-order valence-corrected chi connectivity index (χ2v) is 8.99. The normalized spacial score (nSPS) is 11.6. The van der Waals surface area contributed by atoms with E-state index in [4.69, 9.17) is 16.3 Å². The fourth-order valence-electron chi connectivity index (χ4n) is 3.21. The van der Waals surface area contributed by atoms with Crippen LogP contribution < -0.4 is 10.1 Å². The maximum absolute atomic E-state index is 12.7. The molecule has 1 aromatic heterocycles. The van der Waals surface area contributed by atoms with Crippen molar-refractivity contribution in [3.8, 4) is 5.75 Å². The largest absolute Gasteiger partial charge is 0.497 e. The van der Waals surface area contributed by atoms with E-state index in [1.165, 1.54) is 19.2 Å². The van der Waals surface area contributed by atoms with Gasteiger partial charge in [-0.15, -0.1) is 0 Å². The molecule has 0 aliphatic rings. The molecular formula is C20H21ClN2O4S. The molecule has 0 unspecified atom stereocenters. The number of nitrogens with zero attached hydrogens (tertiary/aromatic N) is 1. The number of ether oxygens (including phenoxy) is 1. The van der Waals surface area contributed by atoms with E-state index < -0.39 is 9.84 Å². The highest BCUT2D eigenvalue weighted by atomic mass is 35.5. The Bertz CT molecular complexity index is 1140. The highest BCUT2D eigenvalue weighted by Crippen LogP contribution is 2.27. The summed E-state index contributed by atoms with van der Waals surface area (Å²) >= 11 is 6.06. The number of hydrogen-bond acceptors (Lipinski definition) is 4. The van der Waals surface area contributed by atoms with E-state index in [1.807, 2.05) is 19.1 Å². The molecule has 2 aromatic carbocycles. The molecule has 0 saturated carbocycles. The molecule has 0 bridgehead atoms. The van der Waals surface area contributed by atoms with Crippen LogP contribution in [0.2, 0.25) is 5.02 Å². The number of carbonyl (C=O) groups excluding carboxylic acids is 1. The maximum Gasteiger partial charge on any atom is 0.268 e. The van der Waals surface area contributed by atoms with Crippen molar-refractivity contribution < 1.29 is 17.9 Å². The van der Waals surface area contributed by atoms with Crippen LogP contribution in [0.3, 0.4) is 0 Å². The molecular weight excluding hydrogens is 400 g/mol. The predicted molar refractivity (Wildman–Crippen MR) is 110 cm³/mol. The second-order valence-electron chi connectivity index (χ2n) is 6.44. The van der Waals surface area contributed by atoms with Crippen molar-refractivity contribution in [2.75, 3.05) is 19.4 Å². The number of aryl methyl sites for hydroxylation is 2. The van der Waals surface area contributed by atoms with Crippen LogP contribution >= 0.6 is 11.6 Å². The molecule has 148 valence electrons. The molecule has 0 saturated heterocycles. The highest BCUT2D eigenvalue weighted by molar-refractivity contribution is 7.91. The number of aromatic nitrogens is 1. The van der Waals surface area contributed by atoms with E-state index >= 15 is 0 Å². The summed E-state index contributed by atoms with van der Waals surface area (Å²) in [5.74, 6) is 0.0655. The molecule has 1 heterocycles. The third kappa shape index (κ3) is 3.86. The summed E-state index contributed by atoms with van der Waals surface area (Å²) in [6.07, 6.45) is 0. The Balaban J connectivity index is 1.73. The summed E-state index contributed by atoms with van der Waals surface area (Å²) in [5.41, 5.74) is 2.17. The van der Waals surface area contributed by atoms with Crippen LogP contribution in [0.1, 0.15) is 16.1 Å². The minimum atomic E-state index is -3.51. The lowest BCUT2D eigenvalue weighted by atomic mass is 10.1. The number of sulfone groups is 1. The van der Waals surface area contributed by atoms with Gasteiger partial charge >= 0.3 is 0 Å². The Morgan fingerprint density at radius 3 is 2.50 bits per heavy atom. The van der Waals surface area contributed by atoms with Crippen LogP contribution in [0.5, 0.6) is 5.75 Å². The first-order valence-electron chi connectivity index (χ1n) is 8.64. The number of hydrogen-bond donors (Lipinski definition) is 1. The van der Waals surface area contributed by atoms with Crippen molar-refractivity contribution in [2.45, 2.75) is 11.8 Å². The monoisotopic (exact) mass is 420 g/mol. The summed E-state index contributed by atoms with van der Waals surface area (Å²) < 4.78 is 31.7. The average molecular weight is 421 g/mol. The first-order chi connectivity index (χ1) is 13.2. The van der Waals surface area contributed by atoms with E-state index in [-0.39, 0.29) is 23.1 Å². The van der Waals surface area contributed by atoms with Crippen LogP contribution in [-0.4, -0.2) is 38.3 Å². The van der Waals surface area contributed by atoms with Crippen molar-refractivity contribution in [1.29, 1.82) is 0 Å². The first kappa shape index (κ1) is 20.2. The Morgan fingerprint density at radius 1 is 1.18 bits per heavy atom. The lowest BCUT2D eigenvalue weighted by Crippen LogP contribution is -2.30. The number of rotatable bonds is 6. The molecule has 0 radical (unpaired) electrons. The molecule has 1 N–H and O–H groups in total. The summed E-state index contributed by atoms with van der Waals surface area (Å²) in [6, 6.07) is 11.6. The lowest BCUT2D eigenvalue weighted by molar-refractivity contribution is 0.0948. The van der Waals surface area contributed by atoms with E-state index in [1.54, 1.807) is 29.8 Å². The van der Waals surface area contributed by atoms with Gasteiger partial charge in [0.25, 0.3) is 5.91 Å². The van der Waals surface area contributed by atoms with Gasteiger partial charge in [0.1, 0.15) is 11.4 Å². The van der Waals surface area contributed by atoms with Crippen molar-refractivity contribution in [1.82, 2.24) is 9.88 Å². The number of halogens is 1. The van der Waals surface area contributed by atoms with Gasteiger partial charge in [-0.25, -0.2) is 8.42 Å². The molecule has 8 heteroatoms. The second kappa shape index (κ2) is 7.85. The SMILES string of the molecule is COc1ccc(S(=O)(=O)CCNC(=O)c2c(C)c3cc(Cl)ccc3n2C)cc1. The molecule has 0 aliphatic carbocycles. The lowest BCUT2D eigenvalue weighted by Gasteiger charge is -2.09. The van der Waals surface area contributed by atoms with Gasteiger partial charge in [0.2, 0.25) is 0 Å². The van der Waals surface area contributed by atoms with Crippen LogP contribution in [-0.2, 0) is 16.9 Å². The summed E-state index contributed by atoms with van der Waals surface area (Å²) in [6.45, 7) is 1.86. The van der Waals surface area contributed by atoms with Gasteiger partial charge in [-0.3, -0.25) is 4.79 Å². The number of benzene rings is 2. The predicted octanol–water partition coefficient (Wildman–Crippen LogP) is 3.35. The van der Waals surface area contributed by atoms with Gasteiger partial charge in [0.15, 0.2) is 9.84 Å². The molecule has 28 heavy (non-hydrogen) atoms. The smallest absolute Gasteiger partial charge is 0.268 e. The van der Waals surface area contributed by atoms with Crippen molar-refractivity contribution in [2.24, 2.45) is 7.05 Å². The summed E-state index contributed by atoms with van der Waals surface area (Å²) in [4.78, 5) is 12.9. The molecule has 3 aromatic rings. The van der Waals surface area contributed by atoms with Crippen LogP contribution in [0.4, 0.5) is 0 Å². The Labute approximate surface area is 169 Å². The summed E-state index contributed by atoms with van der Waals surface area (Å²) in [7, 11) is -0.194. The molecule has 1 amide bonds. The van der Waals surface area contributed by atoms with Gasteiger partial charge in [-0.05, 0) is 55.0 Å². The standard InChI is InChI=1S/C20H21ClN2O4S/c1-13-17-12-14(21)4-9-18(17)23(2)19(13)20(24)22-10-11-28(25,26)16-7-5-15(27-3)6-8-16/h4-9,12H,10-11H2,1-3H3,(H,22,24). The van der Waals surface area contributed by atoms with Crippen LogP contribution in [0, 0.1) is 6.92 Å². The van der Waals surface area contributed by atoms with E-state index in [0.717, 1.165) is 16.5 Å². The molecule has 6 nitrogen and oxygen atoms in total. The highest BCUT2D eigenvalue weighted by Gasteiger charge is 2.20. The number of amides is 1. The number of methoxy groups -OCH3 is 1. The van der Waals surface area contributed by atoms with Crippen LogP contribution in [0.15, 0.2) is 47.4 Å². The maximum atomic E-state index is 12.7. The zero-order valence-corrected chi connectivity index (χ0v) is 17.4. The van der Waals surface area contributed by atoms with Gasteiger partial charge in [0, 0.05) is 29.5 Å². The minimum Gasteiger partial charge on any atom is -0.497 e. The molecule has 0 aliphatic heterocycles. The fourth-order valence-corrected chi connectivity index (χ4v) is 4.54. The van der Waals surface area contributed by atoms with Crippen molar-refractivity contribution >= 4 is 38.2 Å². The quantitative estimate of drug-likeness (QED) is 0.663.